The molecule has 1 fully saturated rings. The van der Waals surface area contributed by atoms with Crippen LogP contribution in [0.4, 0.5) is 5.69 Å². The molecule has 3 aromatic rings. The number of hydrogen-bond acceptors (Lipinski definition) is 9. The molecular weight excluding hydrogens is 546 g/mol. The molecule has 0 amide bonds. The van der Waals surface area contributed by atoms with Gasteiger partial charge in [-0.3, -0.25) is 0 Å². The van der Waals surface area contributed by atoms with Gasteiger partial charge < -0.3 is 33.9 Å². The number of nitrogens with one attached hydrogen (secondary N) is 1. The largest absolute Gasteiger partial charge is 0.495 e. The minimum Gasteiger partial charge on any atom is -0.495 e. The molecule has 3 aromatic carbocycles. The lowest BCUT2D eigenvalue weighted by Gasteiger charge is -2.36. The Balaban J connectivity index is 1.27. The van der Waals surface area contributed by atoms with Crippen molar-refractivity contribution >= 4 is 17.3 Å². The maximum atomic E-state index is 11.8. The zero-order valence-electron chi connectivity index (χ0n) is 23.4. The summed E-state index contributed by atoms with van der Waals surface area (Å²) < 4.78 is 28.8. The number of benzene rings is 3. The molecule has 0 unspecified atom stereocenters. The molecule has 9 nitrogen and oxygen atoms in total. The van der Waals surface area contributed by atoms with E-state index < -0.39 is 6.04 Å². The summed E-state index contributed by atoms with van der Waals surface area (Å²) in [6.45, 7) is 4.67. The topological polar surface area (TPSA) is 90.9 Å². The molecule has 1 saturated heterocycles. The summed E-state index contributed by atoms with van der Waals surface area (Å²) in [4.78, 5) is 14.2. The fourth-order valence-corrected chi connectivity index (χ4v) is 5.67. The highest BCUT2D eigenvalue weighted by Crippen LogP contribution is 2.36. The molecule has 2 aliphatic heterocycles. The van der Waals surface area contributed by atoms with Crippen molar-refractivity contribution in [2.24, 2.45) is 5.18 Å². The number of nitrogens with zero attached hydrogens (tertiary/aromatic N) is 2. The van der Waals surface area contributed by atoms with Gasteiger partial charge in [-0.1, -0.05) is 35.0 Å². The Morgan fingerprint density at radius 1 is 1.05 bits per heavy atom. The van der Waals surface area contributed by atoms with Crippen LogP contribution in [0, 0.1) is 4.91 Å². The highest BCUT2D eigenvalue weighted by molar-refractivity contribution is 6.32. The van der Waals surface area contributed by atoms with Crippen molar-refractivity contribution in [2.45, 2.75) is 31.1 Å². The molecule has 2 heterocycles. The highest BCUT2D eigenvalue weighted by Gasteiger charge is 2.36. The zero-order valence-corrected chi connectivity index (χ0v) is 24.1. The molecule has 1 N–H and O–H groups in total. The number of nitroso groups, excluding NO2 is 1. The number of hydrogen-bond donors (Lipinski definition) is 1. The minimum atomic E-state index is -0.450. The van der Waals surface area contributed by atoms with Crippen LogP contribution in [0.25, 0.3) is 0 Å². The second-order valence-corrected chi connectivity index (χ2v) is 10.6. The van der Waals surface area contributed by atoms with Gasteiger partial charge >= 0.3 is 0 Å². The lowest BCUT2D eigenvalue weighted by Crippen LogP contribution is -2.48. The third-order valence-electron chi connectivity index (χ3n) is 7.50. The summed E-state index contributed by atoms with van der Waals surface area (Å²) in [6.07, 6.45) is 0.716. The number of piperidine rings is 1. The molecule has 0 bridgehead atoms. The zero-order chi connectivity index (χ0) is 28.6. The fourth-order valence-electron chi connectivity index (χ4n) is 5.43. The van der Waals surface area contributed by atoms with E-state index in [9.17, 15) is 4.91 Å². The maximum Gasteiger partial charge on any atom is 0.142 e. The Morgan fingerprint density at radius 3 is 2.63 bits per heavy atom. The van der Waals surface area contributed by atoms with E-state index in [-0.39, 0.29) is 12.0 Å². The van der Waals surface area contributed by atoms with Crippen LogP contribution in [0.1, 0.15) is 23.5 Å². The van der Waals surface area contributed by atoms with Crippen molar-refractivity contribution in [1.29, 1.82) is 0 Å². The normalized spacial score (nSPS) is 20.2. The van der Waals surface area contributed by atoms with E-state index in [0.29, 0.717) is 48.6 Å². The molecule has 10 heteroatoms. The number of halogens is 1. The van der Waals surface area contributed by atoms with Crippen LogP contribution < -0.4 is 24.4 Å². The second kappa shape index (κ2) is 14.0. The van der Waals surface area contributed by atoms with E-state index in [2.05, 4.69) is 21.5 Å². The average molecular weight is 582 g/mol. The van der Waals surface area contributed by atoms with Crippen molar-refractivity contribution in [3.63, 3.8) is 0 Å². The molecule has 0 saturated carbocycles. The Kier molecular flexibility index (Phi) is 9.95. The Bertz CT molecular complexity index is 1310. The van der Waals surface area contributed by atoms with Gasteiger partial charge in [0.15, 0.2) is 0 Å². The first-order chi connectivity index (χ1) is 20.1. The van der Waals surface area contributed by atoms with Gasteiger partial charge in [0.25, 0.3) is 0 Å². The van der Waals surface area contributed by atoms with Gasteiger partial charge in [-0.05, 0) is 53.9 Å². The predicted molar refractivity (Wildman–Crippen MR) is 159 cm³/mol. The molecule has 0 aromatic heterocycles. The summed E-state index contributed by atoms with van der Waals surface area (Å²) in [5.74, 6) is 2.54. The lowest BCUT2D eigenvalue weighted by atomic mass is 9.84. The molecule has 2 aliphatic rings. The molecule has 3 atom stereocenters. The number of fused-ring (bicyclic) bond motifs is 1. The van der Waals surface area contributed by atoms with Crippen LogP contribution >= 0.6 is 11.6 Å². The van der Waals surface area contributed by atoms with Crippen LogP contribution in [0.3, 0.4) is 0 Å². The van der Waals surface area contributed by atoms with Gasteiger partial charge in [0.1, 0.15) is 35.6 Å². The third kappa shape index (κ3) is 7.11. The van der Waals surface area contributed by atoms with Gasteiger partial charge in [-0.25, -0.2) is 0 Å². The van der Waals surface area contributed by atoms with E-state index in [1.165, 1.54) is 0 Å². The van der Waals surface area contributed by atoms with Crippen LogP contribution in [0.2, 0.25) is 5.02 Å². The SMILES string of the molecule is COCCCN1CCOc2ccc(CO[C@H]3CNC[C@@H](N=O)[C@@H]3c3ccc(Oc4ccc(OC)c(Cl)c4)cc3)cc21. The Hall–Kier alpha value is -3.37. The minimum absolute atomic E-state index is 0.190. The van der Waals surface area contributed by atoms with Gasteiger partial charge in [0.05, 0.1) is 37.1 Å². The monoisotopic (exact) mass is 581 g/mol. The van der Waals surface area contributed by atoms with E-state index in [4.69, 9.17) is 35.3 Å². The molecule has 218 valence electrons. The molecule has 0 spiro atoms. The second-order valence-electron chi connectivity index (χ2n) is 10.2. The first kappa shape index (κ1) is 29.1. The van der Waals surface area contributed by atoms with Crippen molar-refractivity contribution in [3.8, 4) is 23.0 Å². The average Bonchev–Trinajstić information content (AvgIpc) is 3.00. The Morgan fingerprint density at radius 2 is 1.88 bits per heavy atom. The van der Waals surface area contributed by atoms with E-state index in [1.807, 2.05) is 36.4 Å². The summed E-state index contributed by atoms with van der Waals surface area (Å²) in [7, 11) is 3.29. The number of rotatable bonds is 12. The van der Waals surface area contributed by atoms with E-state index in [1.54, 1.807) is 32.4 Å². The highest BCUT2D eigenvalue weighted by atomic mass is 35.5. The van der Waals surface area contributed by atoms with Gasteiger partial charge in [-0.15, -0.1) is 0 Å². The third-order valence-corrected chi connectivity index (χ3v) is 7.79. The quantitative estimate of drug-likeness (QED) is 0.212. The Labute approximate surface area is 245 Å². The molecule has 5 rings (SSSR count). The summed E-state index contributed by atoms with van der Waals surface area (Å²) in [6, 6.07) is 18.7. The summed E-state index contributed by atoms with van der Waals surface area (Å²) in [5.41, 5.74) is 3.10. The van der Waals surface area contributed by atoms with Crippen molar-refractivity contribution in [3.05, 3.63) is 81.7 Å². The molecule has 0 aliphatic carbocycles. The van der Waals surface area contributed by atoms with E-state index in [0.717, 1.165) is 48.7 Å². The number of anilines is 1. The molecular formula is C31H36ClN3O6. The van der Waals surface area contributed by atoms with Crippen molar-refractivity contribution < 1.29 is 23.7 Å². The number of methoxy groups -OCH3 is 2. The maximum absolute atomic E-state index is 11.8. The van der Waals surface area contributed by atoms with Gasteiger partial charge in [-0.2, -0.15) is 4.91 Å². The lowest BCUT2D eigenvalue weighted by molar-refractivity contribution is 0.00539. The number of ether oxygens (including phenoxy) is 5. The standard InChI is InChI=1S/C31H36ClN3O6/c1-37-14-3-12-35-13-15-39-29-10-4-21(16-27(29)35)20-40-30-19-33-18-26(34-36)31(30)22-5-7-23(8-6-22)41-24-9-11-28(38-2)25(32)17-24/h4-11,16-17,26,30-31,33H,3,12-15,18-20H2,1-2H3/t26-,30+,31+/m1/s1. The summed E-state index contributed by atoms with van der Waals surface area (Å²) in [5, 5.41) is 7.23. The van der Waals surface area contributed by atoms with Crippen molar-refractivity contribution in [1.82, 2.24) is 5.32 Å². The van der Waals surface area contributed by atoms with Crippen LogP contribution in [0.5, 0.6) is 23.0 Å². The molecule has 0 radical (unpaired) electrons. The van der Waals surface area contributed by atoms with Crippen LogP contribution in [0.15, 0.2) is 65.8 Å². The first-order valence-corrected chi connectivity index (χ1v) is 14.2. The smallest absolute Gasteiger partial charge is 0.142 e. The van der Waals surface area contributed by atoms with Crippen LogP contribution in [-0.4, -0.2) is 65.8 Å². The first-order valence-electron chi connectivity index (χ1n) is 13.9. The van der Waals surface area contributed by atoms with Gasteiger partial charge in [0, 0.05) is 45.3 Å². The van der Waals surface area contributed by atoms with Crippen molar-refractivity contribution in [2.75, 3.05) is 58.5 Å². The van der Waals surface area contributed by atoms with Gasteiger partial charge in [0.2, 0.25) is 0 Å². The van der Waals surface area contributed by atoms with E-state index >= 15 is 0 Å². The summed E-state index contributed by atoms with van der Waals surface area (Å²) >= 11 is 6.23. The molecule has 41 heavy (non-hydrogen) atoms. The van der Waals surface area contributed by atoms with Crippen LogP contribution in [-0.2, 0) is 16.1 Å². The predicted octanol–water partition coefficient (Wildman–Crippen LogP) is 5.78. The fraction of sp³-hybridized carbons (Fsp3) is 0.419.